The van der Waals surface area contributed by atoms with Crippen molar-refractivity contribution >= 4 is 28.0 Å². The number of carbonyl (C=O) groups is 1. The van der Waals surface area contributed by atoms with Crippen LogP contribution in [0.1, 0.15) is 0 Å². The highest BCUT2D eigenvalue weighted by molar-refractivity contribution is 6.04. The third kappa shape index (κ3) is 1.50. The average molecular weight is 242 g/mol. The van der Waals surface area contributed by atoms with Gasteiger partial charge in [-0.15, -0.1) is 10.2 Å². The van der Waals surface area contributed by atoms with Crippen LogP contribution in [0.25, 0.3) is 22.1 Å². The van der Waals surface area contributed by atoms with E-state index in [0.29, 0.717) is 11.2 Å². The summed E-state index contributed by atoms with van der Waals surface area (Å²) >= 11 is 0. The lowest BCUT2D eigenvalue weighted by molar-refractivity contribution is -0.141. The van der Waals surface area contributed by atoms with E-state index in [1.165, 1.54) is 13.4 Å². The second-order valence-electron chi connectivity index (χ2n) is 3.81. The maximum Gasteiger partial charge on any atom is 0.325 e. The Balaban J connectivity index is 2.34. The number of benzene rings is 1. The van der Waals surface area contributed by atoms with Crippen LogP contribution in [0.2, 0.25) is 0 Å². The first kappa shape index (κ1) is 10.6. The standard InChI is InChI=1S/C12H10N4O2/c1-18-10(17)6-16-9-5-3-2-4-8(9)11-12(16)13-7-14-15-11/h2-5,7H,6H2,1H3. The van der Waals surface area contributed by atoms with Crippen molar-refractivity contribution in [2.75, 3.05) is 7.11 Å². The fourth-order valence-electron chi connectivity index (χ4n) is 2.02. The quantitative estimate of drug-likeness (QED) is 0.630. The van der Waals surface area contributed by atoms with E-state index >= 15 is 0 Å². The van der Waals surface area contributed by atoms with Gasteiger partial charge in [0.25, 0.3) is 0 Å². The van der Waals surface area contributed by atoms with Crippen molar-refractivity contribution in [1.82, 2.24) is 19.7 Å². The van der Waals surface area contributed by atoms with Crippen molar-refractivity contribution in [1.29, 1.82) is 0 Å². The van der Waals surface area contributed by atoms with Crippen molar-refractivity contribution in [3.8, 4) is 0 Å². The van der Waals surface area contributed by atoms with Gasteiger partial charge in [-0.3, -0.25) is 4.79 Å². The van der Waals surface area contributed by atoms with Gasteiger partial charge in [-0.2, -0.15) is 0 Å². The van der Waals surface area contributed by atoms with Crippen LogP contribution in [0, 0.1) is 0 Å². The molecule has 0 amide bonds. The number of para-hydroxylation sites is 1. The van der Waals surface area contributed by atoms with Gasteiger partial charge in [-0.1, -0.05) is 18.2 Å². The van der Waals surface area contributed by atoms with E-state index in [9.17, 15) is 4.79 Å². The molecule has 0 aliphatic heterocycles. The fraction of sp³-hybridized carbons (Fsp3) is 0.167. The molecule has 0 bridgehead atoms. The normalized spacial score (nSPS) is 10.9. The van der Waals surface area contributed by atoms with Crippen molar-refractivity contribution < 1.29 is 9.53 Å². The number of aromatic nitrogens is 4. The van der Waals surface area contributed by atoms with Gasteiger partial charge in [0, 0.05) is 5.39 Å². The molecular formula is C12H10N4O2. The first-order valence-corrected chi connectivity index (χ1v) is 5.42. The first-order chi connectivity index (χ1) is 8.81. The third-order valence-electron chi connectivity index (χ3n) is 2.82. The maximum absolute atomic E-state index is 11.5. The molecule has 0 aliphatic rings. The van der Waals surface area contributed by atoms with Gasteiger partial charge in [0.05, 0.1) is 12.6 Å². The van der Waals surface area contributed by atoms with E-state index in [1.54, 1.807) is 4.57 Å². The van der Waals surface area contributed by atoms with Gasteiger partial charge in [0.2, 0.25) is 0 Å². The summed E-state index contributed by atoms with van der Waals surface area (Å²) < 4.78 is 6.48. The lowest BCUT2D eigenvalue weighted by Crippen LogP contribution is -2.11. The number of rotatable bonds is 2. The van der Waals surface area contributed by atoms with E-state index in [-0.39, 0.29) is 12.5 Å². The molecule has 3 aromatic rings. The molecule has 3 rings (SSSR count). The van der Waals surface area contributed by atoms with Gasteiger partial charge in [0.15, 0.2) is 5.65 Å². The Bertz CT molecular complexity index is 682. The molecule has 0 aliphatic carbocycles. The zero-order valence-corrected chi connectivity index (χ0v) is 9.70. The molecule has 0 spiro atoms. The molecule has 2 aromatic heterocycles. The summed E-state index contributed by atoms with van der Waals surface area (Å²) in [7, 11) is 1.36. The number of hydrogen-bond donors (Lipinski definition) is 0. The topological polar surface area (TPSA) is 69.9 Å². The van der Waals surface area contributed by atoms with Gasteiger partial charge >= 0.3 is 5.97 Å². The highest BCUT2D eigenvalue weighted by Gasteiger charge is 2.14. The van der Waals surface area contributed by atoms with Crippen molar-refractivity contribution in [2.45, 2.75) is 6.54 Å². The van der Waals surface area contributed by atoms with Crippen LogP contribution in [0.4, 0.5) is 0 Å². The largest absolute Gasteiger partial charge is 0.468 e. The molecule has 0 N–H and O–H groups in total. The number of nitrogens with zero attached hydrogens (tertiary/aromatic N) is 4. The number of esters is 1. The van der Waals surface area contributed by atoms with Gasteiger partial charge in [-0.25, -0.2) is 4.98 Å². The summed E-state index contributed by atoms with van der Waals surface area (Å²) in [5.74, 6) is -0.323. The van der Waals surface area contributed by atoms with Crippen LogP contribution in [0.15, 0.2) is 30.6 Å². The molecule has 1 aromatic carbocycles. The van der Waals surface area contributed by atoms with E-state index in [2.05, 4.69) is 15.2 Å². The van der Waals surface area contributed by atoms with Crippen LogP contribution in [-0.4, -0.2) is 32.8 Å². The van der Waals surface area contributed by atoms with Gasteiger partial charge < -0.3 is 9.30 Å². The molecule has 0 saturated heterocycles. The zero-order chi connectivity index (χ0) is 12.5. The summed E-state index contributed by atoms with van der Waals surface area (Å²) in [5, 5.41) is 8.79. The monoisotopic (exact) mass is 242 g/mol. The lowest BCUT2D eigenvalue weighted by Gasteiger charge is -2.03. The smallest absolute Gasteiger partial charge is 0.325 e. The fourth-order valence-corrected chi connectivity index (χ4v) is 2.02. The summed E-state index contributed by atoms with van der Waals surface area (Å²) in [4.78, 5) is 15.6. The Morgan fingerprint density at radius 3 is 3.06 bits per heavy atom. The second-order valence-corrected chi connectivity index (χ2v) is 3.81. The molecule has 0 fully saturated rings. The number of carbonyl (C=O) groups excluding carboxylic acids is 1. The zero-order valence-electron chi connectivity index (χ0n) is 9.70. The Morgan fingerprint density at radius 2 is 2.22 bits per heavy atom. The van der Waals surface area contributed by atoms with Crippen LogP contribution in [-0.2, 0) is 16.1 Å². The Hall–Kier alpha value is -2.50. The lowest BCUT2D eigenvalue weighted by atomic mass is 10.2. The molecule has 18 heavy (non-hydrogen) atoms. The highest BCUT2D eigenvalue weighted by Crippen LogP contribution is 2.24. The molecule has 0 saturated carbocycles. The van der Waals surface area contributed by atoms with Crippen LogP contribution >= 0.6 is 0 Å². The second kappa shape index (κ2) is 4.06. The number of hydrogen-bond acceptors (Lipinski definition) is 5. The minimum absolute atomic E-state index is 0.110. The SMILES string of the molecule is COC(=O)Cn1c2ccccc2c2nncnc21. The minimum Gasteiger partial charge on any atom is -0.468 e. The van der Waals surface area contributed by atoms with E-state index in [0.717, 1.165) is 10.9 Å². The van der Waals surface area contributed by atoms with E-state index in [1.807, 2.05) is 24.3 Å². The van der Waals surface area contributed by atoms with Crippen LogP contribution in [0.3, 0.4) is 0 Å². The molecule has 0 unspecified atom stereocenters. The Kier molecular flexibility index (Phi) is 2.40. The average Bonchev–Trinajstić information content (AvgIpc) is 2.74. The number of fused-ring (bicyclic) bond motifs is 3. The summed E-state index contributed by atoms with van der Waals surface area (Å²) in [6, 6.07) is 7.67. The number of ether oxygens (including phenoxy) is 1. The third-order valence-corrected chi connectivity index (χ3v) is 2.82. The Labute approximate surface area is 102 Å². The summed E-state index contributed by atoms with van der Waals surface area (Å²) in [5.41, 5.74) is 2.22. The highest BCUT2D eigenvalue weighted by atomic mass is 16.5. The molecular weight excluding hydrogens is 232 g/mol. The summed E-state index contributed by atoms with van der Waals surface area (Å²) in [6.45, 7) is 0.110. The predicted molar refractivity (Wildman–Crippen MR) is 64.8 cm³/mol. The maximum atomic E-state index is 11.5. The molecule has 6 nitrogen and oxygen atoms in total. The van der Waals surface area contributed by atoms with Crippen molar-refractivity contribution in [3.63, 3.8) is 0 Å². The first-order valence-electron chi connectivity index (χ1n) is 5.42. The summed E-state index contributed by atoms with van der Waals surface area (Å²) in [6.07, 6.45) is 1.37. The van der Waals surface area contributed by atoms with E-state index in [4.69, 9.17) is 4.74 Å². The number of methoxy groups -OCH3 is 1. The van der Waals surface area contributed by atoms with Crippen LogP contribution < -0.4 is 0 Å². The molecule has 90 valence electrons. The molecule has 0 atom stereocenters. The molecule has 6 heteroatoms. The van der Waals surface area contributed by atoms with Crippen LogP contribution in [0.5, 0.6) is 0 Å². The minimum atomic E-state index is -0.323. The van der Waals surface area contributed by atoms with Crippen molar-refractivity contribution in [3.05, 3.63) is 30.6 Å². The van der Waals surface area contributed by atoms with Gasteiger partial charge in [0.1, 0.15) is 18.4 Å². The van der Waals surface area contributed by atoms with Gasteiger partial charge in [-0.05, 0) is 6.07 Å². The van der Waals surface area contributed by atoms with Crippen molar-refractivity contribution in [2.24, 2.45) is 0 Å². The van der Waals surface area contributed by atoms with E-state index < -0.39 is 0 Å². The molecule has 0 radical (unpaired) electrons. The Morgan fingerprint density at radius 1 is 1.39 bits per heavy atom. The predicted octanol–water partition coefficient (Wildman–Crippen LogP) is 1.15. The molecule has 2 heterocycles.